The number of para-hydroxylation sites is 1. The minimum Gasteiger partial charge on any atom is -0.341 e. The molecule has 0 saturated carbocycles. The topological polar surface area (TPSA) is 81.1 Å². The molecule has 1 heterocycles. The Hall–Kier alpha value is -2.48. The van der Waals surface area contributed by atoms with E-state index in [-0.39, 0.29) is 6.03 Å². The van der Waals surface area contributed by atoms with Gasteiger partial charge in [0.05, 0.1) is 0 Å². The van der Waals surface area contributed by atoms with Gasteiger partial charge in [-0.05, 0) is 61.9 Å². The van der Waals surface area contributed by atoms with E-state index in [1.54, 1.807) is 7.05 Å². The average Bonchev–Trinajstić information content (AvgIpc) is 2.77. The first-order valence-corrected chi connectivity index (χ1v) is 11.7. The first-order valence-electron chi connectivity index (χ1n) is 11.2. The fourth-order valence-electron chi connectivity index (χ4n) is 3.62. The molecule has 0 aliphatic carbocycles. The van der Waals surface area contributed by atoms with Gasteiger partial charge < -0.3 is 15.5 Å². The molecule has 2 rings (SSSR count). The van der Waals surface area contributed by atoms with Crippen LogP contribution in [-0.2, 0) is 6.42 Å². The van der Waals surface area contributed by atoms with E-state index < -0.39 is 0 Å². The number of unbranched alkanes of at least 4 members (excludes halogenated alkanes) is 1. The summed E-state index contributed by atoms with van der Waals surface area (Å²) in [6.07, 6.45) is 8.05. The SMILES string of the molecule is CCC/C=N\C(=N/C)N1CCC(CCNC(=O)NC(=S)Nc2ccccc2CC)CC1. The number of thiocarbonyl (C=S) groups is 1. The van der Waals surface area contributed by atoms with E-state index in [1.165, 1.54) is 0 Å². The van der Waals surface area contributed by atoms with Crippen LogP contribution in [0.3, 0.4) is 0 Å². The largest absolute Gasteiger partial charge is 0.341 e. The highest BCUT2D eigenvalue weighted by atomic mass is 32.1. The van der Waals surface area contributed by atoms with E-state index in [0.717, 1.165) is 68.8 Å². The number of nitrogens with one attached hydrogen (secondary N) is 3. The van der Waals surface area contributed by atoms with Crippen molar-refractivity contribution in [3.8, 4) is 0 Å². The summed E-state index contributed by atoms with van der Waals surface area (Å²) >= 11 is 5.27. The number of rotatable bonds is 7. The summed E-state index contributed by atoms with van der Waals surface area (Å²) in [4.78, 5) is 23.2. The number of aryl methyl sites for hydroxylation is 1. The third-order valence-corrected chi connectivity index (χ3v) is 5.64. The summed E-state index contributed by atoms with van der Waals surface area (Å²) in [6.45, 7) is 6.78. The molecule has 0 radical (unpaired) electrons. The molecule has 0 unspecified atom stereocenters. The van der Waals surface area contributed by atoms with E-state index in [1.807, 2.05) is 30.5 Å². The Morgan fingerprint density at radius 2 is 2.00 bits per heavy atom. The minimum atomic E-state index is -0.269. The second-order valence-electron chi connectivity index (χ2n) is 7.69. The Morgan fingerprint density at radius 1 is 1.26 bits per heavy atom. The van der Waals surface area contributed by atoms with Gasteiger partial charge in [-0.15, -0.1) is 0 Å². The Labute approximate surface area is 191 Å². The number of carbonyl (C=O) groups excluding carboxylic acids is 1. The molecule has 31 heavy (non-hydrogen) atoms. The molecule has 0 bridgehead atoms. The molecular formula is C23H36N6OS. The molecule has 7 nitrogen and oxygen atoms in total. The maximum Gasteiger partial charge on any atom is 0.321 e. The summed E-state index contributed by atoms with van der Waals surface area (Å²) < 4.78 is 0. The van der Waals surface area contributed by atoms with Crippen molar-refractivity contribution in [2.24, 2.45) is 15.9 Å². The van der Waals surface area contributed by atoms with Gasteiger partial charge in [-0.3, -0.25) is 10.3 Å². The van der Waals surface area contributed by atoms with Crippen molar-refractivity contribution in [2.75, 3.05) is 32.0 Å². The van der Waals surface area contributed by atoms with Gasteiger partial charge in [-0.2, -0.15) is 0 Å². The average molecular weight is 445 g/mol. The van der Waals surface area contributed by atoms with Crippen molar-refractivity contribution >= 4 is 41.2 Å². The molecule has 3 N–H and O–H groups in total. The van der Waals surface area contributed by atoms with E-state index in [0.29, 0.717) is 17.6 Å². The number of carbonyl (C=O) groups is 1. The number of nitrogens with zero attached hydrogens (tertiary/aromatic N) is 3. The van der Waals surface area contributed by atoms with Crippen LogP contribution in [0.2, 0.25) is 0 Å². The summed E-state index contributed by atoms with van der Waals surface area (Å²) in [6, 6.07) is 7.68. The van der Waals surface area contributed by atoms with Crippen LogP contribution >= 0.6 is 12.2 Å². The van der Waals surface area contributed by atoms with Crippen LogP contribution in [0, 0.1) is 5.92 Å². The lowest BCUT2D eigenvalue weighted by molar-refractivity contribution is 0.237. The van der Waals surface area contributed by atoms with Crippen LogP contribution in [-0.4, -0.2) is 54.9 Å². The predicted octanol–water partition coefficient (Wildman–Crippen LogP) is 4.20. The molecule has 2 amide bonds. The molecule has 1 aromatic rings. The first-order chi connectivity index (χ1) is 15.1. The van der Waals surface area contributed by atoms with Gasteiger partial charge in [-0.1, -0.05) is 38.5 Å². The summed E-state index contributed by atoms with van der Waals surface area (Å²) in [7, 11) is 1.80. The van der Waals surface area contributed by atoms with E-state index in [9.17, 15) is 4.79 Å². The Morgan fingerprint density at radius 3 is 2.68 bits per heavy atom. The maximum atomic E-state index is 12.2. The molecule has 1 aromatic carbocycles. The maximum absolute atomic E-state index is 12.2. The number of likely N-dealkylation sites (tertiary alicyclic amines) is 1. The lowest BCUT2D eigenvalue weighted by Crippen LogP contribution is -2.43. The van der Waals surface area contributed by atoms with Gasteiger partial charge in [-0.25, -0.2) is 9.79 Å². The van der Waals surface area contributed by atoms with E-state index in [2.05, 4.69) is 44.7 Å². The number of aliphatic imine (C=N–C) groups is 2. The van der Waals surface area contributed by atoms with Crippen LogP contribution < -0.4 is 16.0 Å². The highest BCUT2D eigenvalue weighted by Crippen LogP contribution is 2.20. The first kappa shape index (κ1) is 24.8. The van der Waals surface area contributed by atoms with Gasteiger partial charge in [0.25, 0.3) is 0 Å². The number of urea groups is 1. The Balaban J connectivity index is 1.66. The molecule has 1 fully saturated rings. The Bertz CT molecular complexity index is 771. The van der Waals surface area contributed by atoms with Crippen molar-refractivity contribution in [2.45, 2.75) is 52.4 Å². The number of benzene rings is 1. The molecule has 170 valence electrons. The highest BCUT2D eigenvalue weighted by molar-refractivity contribution is 7.80. The summed E-state index contributed by atoms with van der Waals surface area (Å²) in [5, 5.41) is 9.03. The van der Waals surface area contributed by atoms with Crippen LogP contribution in [0.1, 0.15) is 51.5 Å². The highest BCUT2D eigenvalue weighted by Gasteiger charge is 2.21. The molecule has 1 aliphatic rings. The van der Waals surface area contributed by atoms with Crippen molar-refractivity contribution in [3.05, 3.63) is 29.8 Å². The van der Waals surface area contributed by atoms with Crippen LogP contribution in [0.5, 0.6) is 0 Å². The van der Waals surface area contributed by atoms with Gasteiger partial charge >= 0.3 is 6.03 Å². The molecule has 1 aliphatic heterocycles. The van der Waals surface area contributed by atoms with E-state index >= 15 is 0 Å². The van der Waals surface area contributed by atoms with Gasteiger partial charge in [0, 0.05) is 38.6 Å². The fraction of sp³-hybridized carbons (Fsp3) is 0.565. The number of hydrogen-bond acceptors (Lipinski definition) is 3. The monoisotopic (exact) mass is 444 g/mol. The van der Waals surface area contributed by atoms with Gasteiger partial charge in [0.15, 0.2) is 5.11 Å². The molecule has 0 spiro atoms. The fourth-order valence-corrected chi connectivity index (χ4v) is 3.82. The third kappa shape index (κ3) is 8.65. The smallest absolute Gasteiger partial charge is 0.321 e. The van der Waals surface area contributed by atoms with Crippen molar-refractivity contribution in [1.29, 1.82) is 0 Å². The van der Waals surface area contributed by atoms with Crippen molar-refractivity contribution in [1.82, 2.24) is 15.5 Å². The van der Waals surface area contributed by atoms with Gasteiger partial charge in [0.1, 0.15) is 0 Å². The predicted molar refractivity (Wildman–Crippen MR) is 134 cm³/mol. The number of guanidine groups is 1. The van der Waals surface area contributed by atoms with Crippen LogP contribution in [0.15, 0.2) is 34.3 Å². The number of hydrogen-bond donors (Lipinski definition) is 3. The van der Waals surface area contributed by atoms with Crippen LogP contribution in [0.4, 0.5) is 10.5 Å². The Kier molecular flexibility index (Phi) is 11.0. The molecular weight excluding hydrogens is 408 g/mol. The second-order valence-corrected chi connectivity index (χ2v) is 8.10. The molecule has 0 atom stereocenters. The zero-order chi connectivity index (χ0) is 22.5. The lowest BCUT2D eigenvalue weighted by Gasteiger charge is -2.32. The zero-order valence-corrected chi connectivity index (χ0v) is 19.8. The summed E-state index contributed by atoms with van der Waals surface area (Å²) in [5.74, 6) is 1.42. The minimum absolute atomic E-state index is 0.269. The van der Waals surface area contributed by atoms with E-state index in [4.69, 9.17) is 12.2 Å². The molecule has 1 saturated heterocycles. The quantitative estimate of drug-likeness (QED) is 0.334. The third-order valence-electron chi connectivity index (χ3n) is 5.43. The molecule has 0 aromatic heterocycles. The van der Waals surface area contributed by atoms with Crippen LogP contribution in [0.25, 0.3) is 0 Å². The normalized spacial score (nSPS) is 15.2. The number of piperidine rings is 1. The van der Waals surface area contributed by atoms with Gasteiger partial charge in [0.2, 0.25) is 5.96 Å². The second kappa shape index (κ2) is 13.7. The number of amides is 2. The summed E-state index contributed by atoms with van der Waals surface area (Å²) in [5.41, 5.74) is 2.09. The standard InChI is InChI=1S/C23H36N6OS/c1-4-6-14-25-21(24-3)29-16-12-18(13-17-29)11-15-26-22(30)28-23(31)27-20-10-8-7-9-19(20)5-2/h7-10,14,18H,4-6,11-13,15-17H2,1-3H3,(H3,26,27,28,30,31)/b24-21+,25-14-. The van der Waals surface area contributed by atoms with Crippen molar-refractivity contribution in [3.63, 3.8) is 0 Å². The number of anilines is 1. The zero-order valence-electron chi connectivity index (χ0n) is 19.0. The molecule has 8 heteroatoms. The lowest BCUT2D eigenvalue weighted by atomic mass is 9.94. The van der Waals surface area contributed by atoms with Crippen molar-refractivity contribution < 1.29 is 4.79 Å².